The van der Waals surface area contributed by atoms with Crippen LogP contribution < -0.4 is 0 Å². The standard InChI is InChI=1S/C18H24N2O2/c1-18(2,3)15-14-13(16(21)19(4)17(14)22)11-20(15)10-12-8-6-5-7-9-12/h5-9,13-15H,10-11H2,1-4H3. The maximum absolute atomic E-state index is 12.5. The van der Waals surface area contributed by atoms with Crippen LogP contribution in [0.4, 0.5) is 0 Å². The van der Waals surface area contributed by atoms with Gasteiger partial charge in [-0.3, -0.25) is 19.4 Å². The van der Waals surface area contributed by atoms with Crippen molar-refractivity contribution >= 4 is 11.8 Å². The number of carbonyl (C=O) groups is 2. The van der Waals surface area contributed by atoms with E-state index in [1.165, 1.54) is 10.5 Å². The molecule has 0 aliphatic carbocycles. The van der Waals surface area contributed by atoms with Gasteiger partial charge in [0.05, 0.1) is 11.8 Å². The molecular weight excluding hydrogens is 276 g/mol. The van der Waals surface area contributed by atoms with Crippen molar-refractivity contribution in [3.05, 3.63) is 35.9 Å². The molecule has 4 nitrogen and oxygen atoms in total. The minimum absolute atomic E-state index is 0.00881. The van der Waals surface area contributed by atoms with Crippen molar-refractivity contribution < 1.29 is 9.59 Å². The van der Waals surface area contributed by atoms with Crippen LogP contribution >= 0.6 is 0 Å². The topological polar surface area (TPSA) is 40.6 Å². The molecule has 0 aromatic heterocycles. The molecule has 0 bridgehead atoms. The number of benzene rings is 1. The zero-order chi connectivity index (χ0) is 16.1. The van der Waals surface area contributed by atoms with Gasteiger partial charge >= 0.3 is 0 Å². The van der Waals surface area contributed by atoms with Crippen molar-refractivity contribution in [3.63, 3.8) is 0 Å². The van der Waals surface area contributed by atoms with E-state index in [0.717, 1.165) is 6.54 Å². The summed E-state index contributed by atoms with van der Waals surface area (Å²) in [5, 5.41) is 0. The normalized spacial score (nSPS) is 29.3. The third-order valence-electron chi connectivity index (χ3n) is 4.98. The predicted molar refractivity (Wildman–Crippen MR) is 84.9 cm³/mol. The summed E-state index contributed by atoms with van der Waals surface area (Å²) in [7, 11) is 1.62. The fraction of sp³-hybridized carbons (Fsp3) is 0.556. The van der Waals surface area contributed by atoms with E-state index in [4.69, 9.17) is 0 Å². The Labute approximate surface area is 132 Å². The average Bonchev–Trinajstić information content (AvgIpc) is 2.92. The molecule has 2 aliphatic rings. The highest BCUT2D eigenvalue weighted by Crippen LogP contribution is 2.45. The molecule has 2 aliphatic heterocycles. The summed E-state index contributed by atoms with van der Waals surface area (Å²) in [6.45, 7) is 7.95. The molecule has 3 unspecified atom stereocenters. The molecule has 1 aromatic rings. The number of likely N-dealkylation sites (tertiary alicyclic amines) is 2. The number of fused-ring (bicyclic) bond motifs is 1. The summed E-state index contributed by atoms with van der Waals surface area (Å²) in [4.78, 5) is 28.5. The van der Waals surface area contributed by atoms with Gasteiger partial charge in [-0.25, -0.2) is 0 Å². The van der Waals surface area contributed by atoms with Crippen LogP contribution in [0.15, 0.2) is 30.3 Å². The third-order valence-corrected chi connectivity index (χ3v) is 4.98. The summed E-state index contributed by atoms with van der Waals surface area (Å²) in [6.07, 6.45) is 0. The summed E-state index contributed by atoms with van der Waals surface area (Å²) < 4.78 is 0. The van der Waals surface area contributed by atoms with Crippen molar-refractivity contribution in [2.24, 2.45) is 17.3 Å². The molecular formula is C18H24N2O2. The zero-order valence-corrected chi connectivity index (χ0v) is 13.7. The molecule has 2 saturated heterocycles. The molecule has 3 rings (SSSR count). The summed E-state index contributed by atoms with van der Waals surface area (Å²) in [5.41, 5.74) is 1.18. The third kappa shape index (κ3) is 2.35. The number of carbonyl (C=O) groups excluding carboxylic acids is 2. The Morgan fingerprint density at radius 2 is 1.73 bits per heavy atom. The van der Waals surface area contributed by atoms with E-state index in [0.29, 0.717) is 6.54 Å². The minimum Gasteiger partial charge on any atom is -0.294 e. The molecule has 3 atom stereocenters. The highest BCUT2D eigenvalue weighted by molar-refractivity contribution is 6.05. The van der Waals surface area contributed by atoms with Crippen LogP contribution in [0, 0.1) is 17.3 Å². The van der Waals surface area contributed by atoms with Gasteiger partial charge in [-0.1, -0.05) is 51.1 Å². The first-order valence-corrected chi connectivity index (χ1v) is 7.90. The first-order valence-electron chi connectivity index (χ1n) is 7.90. The summed E-state index contributed by atoms with van der Waals surface area (Å²) >= 11 is 0. The second kappa shape index (κ2) is 5.20. The van der Waals surface area contributed by atoms with Crippen molar-refractivity contribution in [2.45, 2.75) is 33.4 Å². The number of nitrogens with zero attached hydrogens (tertiary/aromatic N) is 2. The van der Waals surface area contributed by atoms with Crippen LogP contribution in [-0.2, 0) is 16.1 Å². The molecule has 0 N–H and O–H groups in total. The first-order chi connectivity index (χ1) is 10.3. The van der Waals surface area contributed by atoms with E-state index >= 15 is 0 Å². The van der Waals surface area contributed by atoms with Gasteiger partial charge in [-0.05, 0) is 11.0 Å². The molecule has 22 heavy (non-hydrogen) atoms. The van der Waals surface area contributed by atoms with Gasteiger partial charge in [0.15, 0.2) is 0 Å². The molecule has 0 spiro atoms. The second-order valence-corrected chi connectivity index (χ2v) is 7.59. The maximum atomic E-state index is 12.5. The second-order valence-electron chi connectivity index (χ2n) is 7.59. The quantitative estimate of drug-likeness (QED) is 0.786. The maximum Gasteiger partial charge on any atom is 0.234 e. The van der Waals surface area contributed by atoms with Crippen LogP contribution in [0.5, 0.6) is 0 Å². The van der Waals surface area contributed by atoms with E-state index in [1.807, 2.05) is 18.2 Å². The van der Waals surface area contributed by atoms with Crippen LogP contribution in [0.25, 0.3) is 0 Å². The van der Waals surface area contributed by atoms with Gasteiger partial charge in [0.1, 0.15) is 0 Å². The summed E-state index contributed by atoms with van der Waals surface area (Å²) in [6, 6.07) is 10.4. The van der Waals surface area contributed by atoms with E-state index in [1.54, 1.807) is 7.05 Å². The Bertz CT molecular complexity index is 591. The lowest BCUT2D eigenvalue weighted by atomic mass is 9.77. The molecule has 4 heteroatoms. The van der Waals surface area contributed by atoms with Crippen LogP contribution in [-0.4, -0.2) is 41.2 Å². The zero-order valence-electron chi connectivity index (χ0n) is 13.7. The smallest absolute Gasteiger partial charge is 0.234 e. The molecule has 2 amide bonds. The van der Waals surface area contributed by atoms with Gasteiger partial charge in [-0.2, -0.15) is 0 Å². The van der Waals surface area contributed by atoms with Crippen molar-refractivity contribution in [1.29, 1.82) is 0 Å². The fourth-order valence-corrected chi connectivity index (χ4v) is 4.11. The lowest BCUT2D eigenvalue weighted by Crippen LogP contribution is -2.46. The first kappa shape index (κ1) is 15.2. The van der Waals surface area contributed by atoms with Crippen molar-refractivity contribution in [2.75, 3.05) is 13.6 Å². The van der Waals surface area contributed by atoms with Crippen molar-refractivity contribution in [1.82, 2.24) is 9.80 Å². The van der Waals surface area contributed by atoms with E-state index in [2.05, 4.69) is 37.8 Å². The van der Waals surface area contributed by atoms with Gasteiger partial charge in [0.25, 0.3) is 0 Å². The molecule has 118 valence electrons. The summed E-state index contributed by atoms with van der Waals surface area (Å²) in [5.74, 6) is -0.392. The Balaban J connectivity index is 1.92. The number of hydrogen-bond donors (Lipinski definition) is 0. The van der Waals surface area contributed by atoms with E-state index in [-0.39, 0.29) is 35.1 Å². The average molecular weight is 300 g/mol. The van der Waals surface area contributed by atoms with E-state index in [9.17, 15) is 9.59 Å². The van der Waals surface area contributed by atoms with Crippen LogP contribution in [0.3, 0.4) is 0 Å². The minimum atomic E-state index is -0.193. The van der Waals surface area contributed by atoms with E-state index < -0.39 is 0 Å². The number of imide groups is 1. The Morgan fingerprint density at radius 1 is 1.09 bits per heavy atom. The Morgan fingerprint density at radius 3 is 2.32 bits per heavy atom. The molecule has 0 radical (unpaired) electrons. The number of hydrogen-bond acceptors (Lipinski definition) is 3. The van der Waals surface area contributed by atoms with Gasteiger partial charge < -0.3 is 0 Å². The van der Waals surface area contributed by atoms with Gasteiger partial charge in [-0.15, -0.1) is 0 Å². The molecule has 2 heterocycles. The van der Waals surface area contributed by atoms with Crippen molar-refractivity contribution in [3.8, 4) is 0 Å². The lowest BCUT2D eigenvalue weighted by Gasteiger charge is -2.37. The molecule has 0 saturated carbocycles. The fourth-order valence-electron chi connectivity index (χ4n) is 4.11. The largest absolute Gasteiger partial charge is 0.294 e. The SMILES string of the molecule is CN1C(=O)C2CN(Cc3ccccc3)C(C(C)(C)C)C2C1=O. The van der Waals surface area contributed by atoms with Gasteiger partial charge in [0, 0.05) is 26.2 Å². The van der Waals surface area contributed by atoms with Crippen LogP contribution in [0.1, 0.15) is 26.3 Å². The Kier molecular flexibility index (Phi) is 3.60. The highest BCUT2D eigenvalue weighted by atomic mass is 16.2. The highest BCUT2D eigenvalue weighted by Gasteiger charge is 2.58. The van der Waals surface area contributed by atoms with Crippen LogP contribution in [0.2, 0.25) is 0 Å². The van der Waals surface area contributed by atoms with Gasteiger partial charge in [0.2, 0.25) is 11.8 Å². The lowest BCUT2D eigenvalue weighted by molar-refractivity contribution is -0.140. The predicted octanol–water partition coefficient (Wildman–Crippen LogP) is 2.15. The molecule has 1 aromatic carbocycles. The number of rotatable bonds is 2. The Hall–Kier alpha value is -1.68. The number of amides is 2. The molecule has 2 fully saturated rings. The monoisotopic (exact) mass is 300 g/mol.